The molecule has 0 saturated heterocycles. The van der Waals surface area contributed by atoms with Gasteiger partial charge in [-0.2, -0.15) is 0 Å². The van der Waals surface area contributed by atoms with E-state index in [0.717, 1.165) is 24.3 Å². The van der Waals surface area contributed by atoms with Gasteiger partial charge in [-0.3, -0.25) is 14.6 Å². The first-order chi connectivity index (χ1) is 18.9. The van der Waals surface area contributed by atoms with Gasteiger partial charge in [0.05, 0.1) is 18.7 Å². The van der Waals surface area contributed by atoms with Gasteiger partial charge in [-0.05, 0) is 61.4 Å². The highest BCUT2D eigenvalue weighted by Crippen LogP contribution is 2.42. The Bertz CT molecular complexity index is 1560. The number of rotatable bonds is 9. The van der Waals surface area contributed by atoms with Gasteiger partial charge >= 0.3 is 0 Å². The number of furan rings is 1. The fraction of sp³-hybridized carbons (Fsp3) is 0.233. The van der Waals surface area contributed by atoms with E-state index in [1.54, 1.807) is 42.7 Å². The number of benzene rings is 2. The summed E-state index contributed by atoms with van der Waals surface area (Å²) in [5.41, 5.74) is 2.83. The number of hydrogen-bond acceptors (Lipinski definition) is 7. The maximum absolute atomic E-state index is 13.9. The summed E-state index contributed by atoms with van der Waals surface area (Å²) in [7, 11) is 1.48. The summed E-state index contributed by atoms with van der Waals surface area (Å²) in [6.07, 6.45) is 3.27. The summed E-state index contributed by atoms with van der Waals surface area (Å²) in [6.45, 7) is 6.02. The Balaban J connectivity index is 1.59. The van der Waals surface area contributed by atoms with E-state index in [1.807, 2.05) is 24.3 Å². The second-order valence-electron chi connectivity index (χ2n) is 9.18. The summed E-state index contributed by atoms with van der Waals surface area (Å²) in [4.78, 5) is 35.1. The smallest absolute Gasteiger partial charge is 0.290 e. The average molecular weight is 546 g/mol. The number of halogens is 1. The van der Waals surface area contributed by atoms with Crippen LogP contribution in [-0.4, -0.2) is 46.9 Å². The Morgan fingerprint density at radius 1 is 1.10 bits per heavy atom. The zero-order valence-corrected chi connectivity index (χ0v) is 22.6. The van der Waals surface area contributed by atoms with Crippen LogP contribution in [-0.2, 0) is 11.3 Å². The lowest BCUT2D eigenvalue weighted by Gasteiger charge is -2.28. The lowest BCUT2D eigenvalue weighted by atomic mass is 9.94. The van der Waals surface area contributed by atoms with Crippen molar-refractivity contribution in [2.75, 3.05) is 25.1 Å². The molecule has 3 heterocycles. The number of nitrogens with zero attached hydrogens (tertiary/aromatic N) is 3. The molecular weight excluding hydrogens is 518 g/mol. The first kappa shape index (κ1) is 26.3. The second kappa shape index (κ2) is 10.8. The highest BCUT2D eigenvalue weighted by Gasteiger charge is 2.44. The van der Waals surface area contributed by atoms with Crippen LogP contribution in [0.2, 0.25) is 5.02 Å². The summed E-state index contributed by atoms with van der Waals surface area (Å²) >= 11 is 6.20. The van der Waals surface area contributed by atoms with Gasteiger partial charge in [0.2, 0.25) is 5.78 Å². The number of carbonyl (C=O) groups excluding carboxylic acids is 2. The van der Waals surface area contributed by atoms with Gasteiger partial charge in [0.25, 0.3) is 5.91 Å². The standard InChI is InChI=1S/C30H28ClN3O5/c1-4-33(5-2)22-8-6-19(7-9-22)26-25(28(36)30(37)34(26)17-18-10-12-32-13-11-18)27(35)23-15-20-14-21(31)16-24(38-3)29(20)39-23/h6-16,26,36H,4-5,17H2,1-3H3. The highest BCUT2D eigenvalue weighted by molar-refractivity contribution is 6.31. The lowest BCUT2D eigenvalue weighted by molar-refractivity contribution is -0.130. The van der Waals surface area contributed by atoms with E-state index in [4.69, 9.17) is 20.8 Å². The molecule has 9 heteroatoms. The lowest BCUT2D eigenvalue weighted by Crippen LogP contribution is -2.30. The van der Waals surface area contributed by atoms with Crippen molar-refractivity contribution >= 4 is 39.9 Å². The molecule has 1 N–H and O–H groups in total. The first-order valence-electron chi connectivity index (χ1n) is 12.7. The first-order valence-corrected chi connectivity index (χ1v) is 13.0. The van der Waals surface area contributed by atoms with Crippen molar-refractivity contribution in [3.8, 4) is 5.75 Å². The van der Waals surface area contributed by atoms with Gasteiger partial charge in [0.15, 0.2) is 22.9 Å². The molecule has 0 radical (unpaired) electrons. The van der Waals surface area contributed by atoms with Crippen molar-refractivity contribution in [1.29, 1.82) is 0 Å². The van der Waals surface area contributed by atoms with Crippen molar-refractivity contribution in [1.82, 2.24) is 9.88 Å². The molecule has 0 aliphatic carbocycles. The number of methoxy groups -OCH3 is 1. The number of aliphatic hydroxyl groups is 1. The molecule has 0 saturated carbocycles. The molecule has 0 spiro atoms. The van der Waals surface area contributed by atoms with Crippen LogP contribution in [0.5, 0.6) is 5.75 Å². The number of ketones is 1. The van der Waals surface area contributed by atoms with Crippen molar-refractivity contribution < 1.29 is 23.8 Å². The Morgan fingerprint density at radius 2 is 1.79 bits per heavy atom. The minimum atomic E-state index is -0.831. The van der Waals surface area contributed by atoms with Crippen LogP contribution < -0.4 is 9.64 Å². The molecule has 1 atom stereocenters. The Kier molecular flexibility index (Phi) is 7.30. The third-order valence-corrected chi connectivity index (χ3v) is 7.20. The van der Waals surface area contributed by atoms with Gasteiger partial charge < -0.3 is 24.1 Å². The van der Waals surface area contributed by atoms with E-state index in [-0.39, 0.29) is 17.9 Å². The minimum Gasteiger partial charge on any atom is -0.503 e. The highest BCUT2D eigenvalue weighted by atomic mass is 35.5. The van der Waals surface area contributed by atoms with Gasteiger partial charge in [0.1, 0.15) is 0 Å². The quantitative estimate of drug-likeness (QED) is 0.253. The SMILES string of the molecule is CCN(CC)c1ccc(C2C(C(=O)c3cc4cc(Cl)cc(OC)c4o3)=C(O)C(=O)N2Cc2ccncc2)cc1. The van der Waals surface area contributed by atoms with Crippen LogP contribution in [0, 0.1) is 0 Å². The molecule has 0 bridgehead atoms. The molecule has 1 unspecified atom stereocenters. The fourth-order valence-electron chi connectivity index (χ4n) is 5.02. The number of ether oxygens (including phenoxy) is 1. The molecule has 5 rings (SSSR count). The predicted molar refractivity (Wildman–Crippen MR) is 149 cm³/mol. The Hall–Kier alpha value is -4.30. The number of hydrogen-bond donors (Lipinski definition) is 1. The number of anilines is 1. The average Bonchev–Trinajstić information content (AvgIpc) is 3.48. The van der Waals surface area contributed by atoms with Crippen molar-refractivity contribution in [3.05, 3.63) is 100 Å². The predicted octanol–water partition coefficient (Wildman–Crippen LogP) is 6.11. The molecule has 200 valence electrons. The summed E-state index contributed by atoms with van der Waals surface area (Å²) in [6, 6.07) is 15.2. The van der Waals surface area contributed by atoms with E-state index in [2.05, 4.69) is 23.7 Å². The number of pyridine rings is 1. The third-order valence-electron chi connectivity index (χ3n) is 6.98. The number of fused-ring (bicyclic) bond motifs is 1. The Morgan fingerprint density at radius 3 is 2.44 bits per heavy atom. The fourth-order valence-corrected chi connectivity index (χ4v) is 5.24. The molecule has 2 aromatic heterocycles. The molecular formula is C30H28ClN3O5. The van der Waals surface area contributed by atoms with E-state index in [9.17, 15) is 14.7 Å². The summed E-state index contributed by atoms with van der Waals surface area (Å²) in [5.74, 6) is -1.48. The van der Waals surface area contributed by atoms with E-state index >= 15 is 0 Å². The molecule has 8 nitrogen and oxygen atoms in total. The van der Waals surface area contributed by atoms with Crippen LogP contribution in [0.15, 0.2) is 82.7 Å². The number of aliphatic hydroxyl groups excluding tert-OH is 1. The Labute approximate surface area is 231 Å². The minimum absolute atomic E-state index is 0.0320. The zero-order valence-electron chi connectivity index (χ0n) is 21.8. The van der Waals surface area contributed by atoms with Crippen molar-refractivity contribution in [3.63, 3.8) is 0 Å². The maximum atomic E-state index is 13.9. The van der Waals surface area contributed by atoms with Crippen LogP contribution in [0.25, 0.3) is 11.0 Å². The number of Topliss-reactive ketones (excluding diaryl/α,β-unsaturated/α-hetero) is 1. The topological polar surface area (TPSA) is 96.1 Å². The molecule has 2 aromatic carbocycles. The van der Waals surface area contributed by atoms with Gasteiger partial charge in [-0.25, -0.2) is 0 Å². The van der Waals surface area contributed by atoms with Crippen molar-refractivity contribution in [2.24, 2.45) is 0 Å². The van der Waals surface area contributed by atoms with Crippen molar-refractivity contribution in [2.45, 2.75) is 26.4 Å². The molecule has 39 heavy (non-hydrogen) atoms. The summed E-state index contributed by atoms with van der Waals surface area (Å²) in [5, 5.41) is 12.1. The van der Waals surface area contributed by atoms with E-state index in [1.165, 1.54) is 12.0 Å². The largest absolute Gasteiger partial charge is 0.503 e. The number of amides is 1. The molecule has 4 aromatic rings. The van der Waals surface area contributed by atoms with E-state index < -0.39 is 23.5 Å². The molecule has 0 fully saturated rings. The van der Waals surface area contributed by atoms with Crippen LogP contribution in [0.3, 0.4) is 0 Å². The number of carbonyl (C=O) groups is 2. The van der Waals surface area contributed by atoms with Gasteiger partial charge in [-0.15, -0.1) is 0 Å². The van der Waals surface area contributed by atoms with E-state index in [0.29, 0.717) is 27.3 Å². The number of aromatic nitrogens is 1. The maximum Gasteiger partial charge on any atom is 0.290 e. The normalized spacial score (nSPS) is 15.3. The monoisotopic (exact) mass is 545 g/mol. The summed E-state index contributed by atoms with van der Waals surface area (Å²) < 4.78 is 11.3. The third kappa shape index (κ3) is 4.83. The second-order valence-corrected chi connectivity index (χ2v) is 9.62. The van der Waals surface area contributed by atoms with Gasteiger partial charge in [0, 0.05) is 54.2 Å². The zero-order chi connectivity index (χ0) is 27.7. The van der Waals surface area contributed by atoms with Crippen LogP contribution >= 0.6 is 11.6 Å². The van der Waals surface area contributed by atoms with Crippen LogP contribution in [0.1, 0.15) is 41.6 Å². The molecule has 1 aliphatic heterocycles. The van der Waals surface area contributed by atoms with Gasteiger partial charge in [-0.1, -0.05) is 23.7 Å². The van der Waals surface area contributed by atoms with Crippen LogP contribution in [0.4, 0.5) is 5.69 Å². The molecule has 1 amide bonds. The molecule has 1 aliphatic rings.